The fraction of sp³-hybridized carbons (Fsp3) is 0.875. The summed E-state index contributed by atoms with van der Waals surface area (Å²) in [5.74, 6) is 0. The first kappa shape index (κ1) is 10.3. The smallest absolute Gasteiger partial charge is 0.133 e. The second kappa shape index (κ2) is 5.04. The molecule has 1 heterocycles. The van der Waals surface area contributed by atoms with Gasteiger partial charge in [-0.1, -0.05) is 19.1 Å². The Kier molecular flexibility index (Phi) is 4.32. The van der Waals surface area contributed by atoms with Gasteiger partial charge in [0, 0.05) is 26.2 Å². The van der Waals surface area contributed by atoms with E-state index < -0.39 is 0 Å². The van der Waals surface area contributed by atoms with Crippen LogP contribution in [-0.4, -0.2) is 46.8 Å². The zero-order chi connectivity index (χ0) is 8.97. The van der Waals surface area contributed by atoms with Gasteiger partial charge in [0.1, 0.15) is 4.32 Å². The average molecular weight is 204 g/mol. The molecule has 1 aliphatic rings. The van der Waals surface area contributed by atoms with Gasteiger partial charge in [0.15, 0.2) is 0 Å². The van der Waals surface area contributed by atoms with Crippen LogP contribution in [-0.2, 0) is 0 Å². The van der Waals surface area contributed by atoms with Crippen LogP contribution in [0.15, 0.2) is 0 Å². The molecule has 1 rings (SSSR count). The lowest BCUT2D eigenvalue weighted by atomic mass is 10.3. The van der Waals surface area contributed by atoms with Gasteiger partial charge >= 0.3 is 0 Å². The molecular formula is C8H16N2S2. The molecule has 0 unspecified atom stereocenters. The van der Waals surface area contributed by atoms with E-state index >= 15 is 0 Å². The first-order valence-electron chi connectivity index (χ1n) is 4.44. The van der Waals surface area contributed by atoms with Crippen molar-refractivity contribution < 1.29 is 0 Å². The molecule has 12 heavy (non-hydrogen) atoms. The van der Waals surface area contributed by atoms with Gasteiger partial charge in [0.2, 0.25) is 0 Å². The Morgan fingerprint density at radius 1 is 1.33 bits per heavy atom. The number of hydrogen-bond donors (Lipinski definition) is 1. The minimum absolute atomic E-state index is 0.742. The summed E-state index contributed by atoms with van der Waals surface area (Å²) in [6, 6.07) is 0. The topological polar surface area (TPSA) is 6.48 Å². The van der Waals surface area contributed by atoms with Crippen molar-refractivity contribution in [3.05, 3.63) is 0 Å². The van der Waals surface area contributed by atoms with Crippen LogP contribution in [0, 0.1) is 0 Å². The summed E-state index contributed by atoms with van der Waals surface area (Å²) >= 11 is 9.15. The summed E-state index contributed by atoms with van der Waals surface area (Å²) in [6.07, 6.45) is 1.24. The van der Waals surface area contributed by atoms with E-state index in [-0.39, 0.29) is 0 Å². The quantitative estimate of drug-likeness (QED) is 0.534. The lowest BCUT2D eigenvalue weighted by Gasteiger charge is -2.34. The van der Waals surface area contributed by atoms with Gasteiger partial charge in [0.25, 0.3) is 0 Å². The molecule has 0 saturated carbocycles. The van der Waals surface area contributed by atoms with E-state index in [0.29, 0.717) is 0 Å². The van der Waals surface area contributed by atoms with E-state index in [1.807, 2.05) is 0 Å². The standard InChI is InChI=1S/C8H16N2S2/c1-2-3-9-4-6-10(7-5-9)8(11)12/h2-7H2,1H3,(H,11,12). The Hall–Kier alpha value is 0.200. The second-order valence-electron chi connectivity index (χ2n) is 3.11. The van der Waals surface area contributed by atoms with Crippen LogP contribution in [0.25, 0.3) is 0 Å². The Morgan fingerprint density at radius 3 is 2.33 bits per heavy atom. The number of thiocarbonyl (C=S) groups is 1. The number of piperazine rings is 1. The summed E-state index contributed by atoms with van der Waals surface area (Å²) in [7, 11) is 0. The van der Waals surface area contributed by atoms with Gasteiger partial charge in [-0.15, -0.1) is 12.6 Å². The van der Waals surface area contributed by atoms with Gasteiger partial charge in [0.05, 0.1) is 0 Å². The molecule has 0 bridgehead atoms. The molecule has 0 aliphatic carbocycles. The van der Waals surface area contributed by atoms with Gasteiger partial charge < -0.3 is 4.90 Å². The molecule has 70 valence electrons. The first-order valence-corrected chi connectivity index (χ1v) is 5.30. The SMILES string of the molecule is CCCN1CCN(C(=S)S)CC1. The minimum Gasteiger partial charge on any atom is -0.355 e. The molecule has 0 aromatic carbocycles. The Balaban J connectivity index is 2.25. The maximum Gasteiger partial charge on any atom is 0.133 e. The molecule has 1 fully saturated rings. The Bertz CT molecular complexity index is 153. The van der Waals surface area contributed by atoms with Crippen molar-refractivity contribution in [1.82, 2.24) is 9.80 Å². The van der Waals surface area contributed by atoms with Crippen LogP contribution in [0.3, 0.4) is 0 Å². The monoisotopic (exact) mass is 204 g/mol. The first-order chi connectivity index (χ1) is 5.74. The summed E-state index contributed by atoms with van der Waals surface area (Å²) in [4.78, 5) is 4.63. The van der Waals surface area contributed by atoms with Crippen molar-refractivity contribution in [3.8, 4) is 0 Å². The predicted molar refractivity (Wildman–Crippen MR) is 59.9 cm³/mol. The molecule has 1 saturated heterocycles. The largest absolute Gasteiger partial charge is 0.355 e. The molecule has 0 amide bonds. The van der Waals surface area contributed by atoms with Gasteiger partial charge in [-0.25, -0.2) is 0 Å². The Morgan fingerprint density at radius 2 is 1.92 bits per heavy atom. The summed E-state index contributed by atoms with van der Waals surface area (Å²) < 4.78 is 0.742. The minimum atomic E-state index is 0.742. The normalized spacial score (nSPS) is 19.7. The third-order valence-electron chi connectivity index (χ3n) is 2.18. The molecule has 1 aliphatic heterocycles. The molecule has 4 heteroatoms. The third kappa shape index (κ3) is 2.92. The highest BCUT2D eigenvalue weighted by molar-refractivity contribution is 8.10. The number of rotatable bonds is 2. The average Bonchev–Trinajstić information content (AvgIpc) is 2.06. The van der Waals surface area contributed by atoms with Crippen LogP contribution in [0.4, 0.5) is 0 Å². The lowest BCUT2D eigenvalue weighted by molar-refractivity contribution is 0.186. The zero-order valence-electron chi connectivity index (χ0n) is 7.49. The van der Waals surface area contributed by atoms with Crippen LogP contribution in [0.5, 0.6) is 0 Å². The third-order valence-corrected chi connectivity index (χ3v) is 2.72. The van der Waals surface area contributed by atoms with E-state index in [0.717, 1.165) is 30.5 Å². The van der Waals surface area contributed by atoms with Crippen LogP contribution < -0.4 is 0 Å². The van der Waals surface area contributed by atoms with E-state index in [4.69, 9.17) is 12.2 Å². The fourth-order valence-corrected chi connectivity index (χ4v) is 1.86. The highest BCUT2D eigenvalue weighted by Gasteiger charge is 2.15. The highest BCUT2D eigenvalue weighted by atomic mass is 32.1. The molecule has 0 N–H and O–H groups in total. The van der Waals surface area contributed by atoms with Crippen molar-refractivity contribution in [2.24, 2.45) is 0 Å². The van der Waals surface area contributed by atoms with Gasteiger partial charge in [-0.2, -0.15) is 0 Å². The van der Waals surface area contributed by atoms with Crippen molar-refractivity contribution in [3.63, 3.8) is 0 Å². The van der Waals surface area contributed by atoms with E-state index in [1.165, 1.54) is 13.0 Å². The fourth-order valence-electron chi connectivity index (χ4n) is 1.48. The molecule has 2 nitrogen and oxygen atoms in total. The van der Waals surface area contributed by atoms with Gasteiger partial charge in [-0.3, -0.25) is 4.90 Å². The van der Waals surface area contributed by atoms with Crippen LogP contribution >= 0.6 is 24.8 Å². The van der Waals surface area contributed by atoms with Crippen molar-refractivity contribution in [2.75, 3.05) is 32.7 Å². The number of hydrogen-bond acceptors (Lipinski definition) is 2. The molecule has 0 atom stereocenters. The van der Waals surface area contributed by atoms with Crippen molar-refractivity contribution >= 4 is 29.2 Å². The molecule has 0 aromatic heterocycles. The van der Waals surface area contributed by atoms with Crippen LogP contribution in [0.2, 0.25) is 0 Å². The molecule has 0 radical (unpaired) electrons. The zero-order valence-corrected chi connectivity index (χ0v) is 9.20. The Labute approximate surface area is 85.3 Å². The van der Waals surface area contributed by atoms with E-state index in [1.54, 1.807) is 0 Å². The second-order valence-corrected chi connectivity index (χ2v) is 4.22. The predicted octanol–water partition coefficient (Wildman–Crippen LogP) is 1.23. The summed E-state index contributed by atoms with van der Waals surface area (Å²) in [6.45, 7) is 7.79. The summed E-state index contributed by atoms with van der Waals surface area (Å²) in [5.41, 5.74) is 0. The summed E-state index contributed by atoms with van der Waals surface area (Å²) in [5, 5.41) is 0. The molecule has 0 spiro atoms. The highest BCUT2D eigenvalue weighted by Crippen LogP contribution is 2.04. The van der Waals surface area contributed by atoms with Gasteiger partial charge in [-0.05, 0) is 13.0 Å². The molecule has 0 aromatic rings. The maximum absolute atomic E-state index is 4.99. The van der Waals surface area contributed by atoms with Crippen LogP contribution in [0.1, 0.15) is 13.3 Å². The molecular weight excluding hydrogens is 188 g/mol. The number of thiol groups is 1. The lowest BCUT2D eigenvalue weighted by Crippen LogP contribution is -2.47. The van der Waals surface area contributed by atoms with Crippen molar-refractivity contribution in [1.29, 1.82) is 0 Å². The maximum atomic E-state index is 4.99. The van der Waals surface area contributed by atoms with E-state index in [9.17, 15) is 0 Å². The van der Waals surface area contributed by atoms with E-state index in [2.05, 4.69) is 29.4 Å². The number of nitrogens with zero attached hydrogens (tertiary/aromatic N) is 2. The van der Waals surface area contributed by atoms with Crippen molar-refractivity contribution in [2.45, 2.75) is 13.3 Å².